The van der Waals surface area contributed by atoms with Gasteiger partial charge in [-0.25, -0.2) is 0 Å². The number of fused-ring (bicyclic) bond motifs is 1. The summed E-state index contributed by atoms with van der Waals surface area (Å²) < 4.78 is 5.31. The second-order valence-corrected chi connectivity index (χ2v) is 7.56. The zero-order valence-electron chi connectivity index (χ0n) is 17.8. The number of rotatable bonds is 6. The highest BCUT2D eigenvalue weighted by Crippen LogP contribution is 2.29. The third-order valence-corrected chi connectivity index (χ3v) is 5.33. The Labute approximate surface area is 191 Å². The van der Waals surface area contributed by atoms with Crippen molar-refractivity contribution in [2.75, 3.05) is 16.8 Å². The molecule has 0 atom stereocenters. The van der Waals surface area contributed by atoms with Crippen LogP contribution in [-0.2, 0) is 25.7 Å². The highest BCUT2D eigenvalue weighted by atomic mass is 16.5. The molecule has 0 saturated carbocycles. The molecule has 7 nitrogen and oxygen atoms in total. The molecule has 0 spiro atoms. The van der Waals surface area contributed by atoms with Gasteiger partial charge < -0.3 is 15.0 Å². The lowest BCUT2D eigenvalue weighted by atomic mass is 9.99. The number of carbonyl (C=O) groups excluding carboxylic acids is 3. The fourth-order valence-corrected chi connectivity index (χ4v) is 3.65. The summed E-state index contributed by atoms with van der Waals surface area (Å²) in [6.45, 7) is 0.00826. The van der Waals surface area contributed by atoms with Gasteiger partial charge in [-0.15, -0.1) is 0 Å². The van der Waals surface area contributed by atoms with Gasteiger partial charge in [0.2, 0.25) is 11.8 Å². The summed E-state index contributed by atoms with van der Waals surface area (Å²) in [5.74, 6) is -1.07. The Balaban J connectivity index is 1.30. The maximum absolute atomic E-state index is 12.6. The van der Waals surface area contributed by atoms with Gasteiger partial charge in [0.15, 0.2) is 0 Å². The number of ether oxygens (including phenoxy) is 1. The van der Waals surface area contributed by atoms with E-state index < -0.39 is 5.97 Å². The molecule has 0 aromatic heterocycles. The van der Waals surface area contributed by atoms with E-state index in [-0.39, 0.29) is 37.8 Å². The van der Waals surface area contributed by atoms with Crippen LogP contribution in [0.5, 0.6) is 0 Å². The van der Waals surface area contributed by atoms with E-state index >= 15 is 0 Å². The maximum atomic E-state index is 12.6. The Morgan fingerprint density at radius 2 is 1.70 bits per heavy atom. The average molecular weight is 439 g/mol. The Hall–Kier alpha value is -4.44. The lowest BCUT2D eigenvalue weighted by Gasteiger charge is -2.29. The summed E-state index contributed by atoms with van der Waals surface area (Å²) in [6.07, 6.45) is -0.128. The van der Waals surface area contributed by atoms with Crippen molar-refractivity contribution in [2.45, 2.75) is 19.4 Å². The zero-order valence-corrected chi connectivity index (χ0v) is 17.8. The molecule has 4 rings (SSSR count). The first-order valence-electron chi connectivity index (χ1n) is 10.5. The number of benzene rings is 3. The highest BCUT2D eigenvalue weighted by Gasteiger charge is 2.26. The summed E-state index contributed by atoms with van der Waals surface area (Å²) >= 11 is 0. The molecule has 3 aromatic rings. The quantitative estimate of drug-likeness (QED) is 0.585. The van der Waals surface area contributed by atoms with Crippen LogP contribution >= 0.6 is 0 Å². The summed E-state index contributed by atoms with van der Waals surface area (Å²) in [5.41, 5.74) is 4.33. The normalized spacial score (nSPS) is 12.3. The number of para-hydroxylation sites is 2. The Bertz CT molecular complexity index is 1240. The second kappa shape index (κ2) is 9.79. The van der Waals surface area contributed by atoms with Gasteiger partial charge in [0.25, 0.3) is 0 Å². The van der Waals surface area contributed by atoms with Crippen molar-refractivity contribution in [1.82, 2.24) is 0 Å². The molecule has 2 amide bonds. The van der Waals surface area contributed by atoms with Crippen LogP contribution in [0, 0.1) is 11.3 Å². The number of carbonyl (C=O) groups is 3. The first-order valence-corrected chi connectivity index (χ1v) is 10.5. The van der Waals surface area contributed by atoms with E-state index in [1.807, 2.05) is 42.5 Å². The minimum Gasteiger partial charge on any atom is -0.461 e. The van der Waals surface area contributed by atoms with E-state index in [0.29, 0.717) is 16.9 Å². The van der Waals surface area contributed by atoms with Crippen LogP contribution in [0.25, 0.3) is 11.1 Å². The molecule has 33 heavy (non-hydrogen) atoms. The number of esters is 1. The van der Waals surface area contributed by atoms with Gasteiger partial charge in [-0.1, -0.05) is 54.6 Å². The third kappa shape index (κ3) is 5.08. The van der Waals surface area contributed by atoms with Crippen molar-refractivity contribution in [2.24, 2.45) is 0 Å². The van der Waals surface area contributed by atoms with Crippen LogP contribution in [0.4, 0.5) is 11.4 Å². The lowest BCUT2D eigenvalue weighted by molar-refractivity contribution is -0.146. The van der Waals surface area contributed by atoms with Crippen molar-refractivity contribution in [3.05, 3.63) is 83.9 Å². The molecular formula is C26H21N3O4. The lowest BCUT2D eigenvalue weighted by Crippen LogP contribution is -2.42. The number of nitrogens with zero attached hydrogens (tertiary/aromatic N) is 2. The van der Waals surface area contributed by atoms with Gasteiger partial charge in [-0.2, -0.15) is 5.26 Å². The fraction of sp³-hybridized carbons (Fsp3) is 0.154. The number of anilines is 2. The first kappa shape index (κ1) is 21.8. The van der Waals surface area contributed by atoms with Gasteiger partial charge in [-0.05, 0) is 34.9 Å². The standard InChI is InChI=1S/C26H21N3O4/c27-15-20-5-1-2-6-21(20)19-11-9-18(10-12-19)17-33-26(32)14-13-25(31)29-16-24(30)28-22-7-3-4-8-23(22)29/h1-12H,13-14,16-17H2,(H,28,30). The molecule has 1 N–H and O–H groups in total. The summed E-state index contributed by atoms with van der Waals surface area (Å²) in [7, 11) is 0. The molecule has 0 fully saturated rings. The van der Waals surface area contributed by atoms with Crippen LogP contribution in [0.1, 0.15) is 24.0 Å². The molecular weight excluding hydrogens is 418 g/mol. The molecule has 1 aliphatic rings. The van der Waals surface area contributed by atoms with Gasteiger partial charge in [0, 0.05) is 6.42 Å². The maximum Gasteiger partial charge on any atom is 0.306 e. The van der Waals surface area contributed by atoms with Crippen LogP contribution in [0.15, 0.2) is 72.8 Å². The van der Waals surface area contributed by atoms with E-state index in [9.17, 15) is 19.6 Å². The van der Waals surface area contributed by atoms with E-state index in [0.717, 1.165) is 16.7 Å². The van der Waals surface area contributed by atoms with Crippen molar-refractivity contribution in [3.63, 3.8) is 0 Å². The predicted molar refractivity (Wildman–Crippen MR) is 123 cm³/mol. The highest BCUT2D eigenvalue weighted by molar-refractivity contribution is 6.10. The van der Waals surface area contributed by atoms with Crippen LogP contribution in [0.2, 0.25) is 0 Å². The molecule has 1 heterocycles. The van der Waals surface area contributed by atoms with E-state index in [2.05, 4.69) is 11.4 Å². The average Bonchev–Trinajstić information content (AvgIpc) is 2.85. The van der Waals surface area contributed by atoms with Gasteiger partial charge in [0.1, 0.15) is 13.2 Å². The van der Waals surface area contributed by atoms with E-state index in [1.165, 1.54) is 4.90 Å². The van der Waals surface area contributed by atoms with E-state index in [4.69, 9.17) is 4.74 Å². The monoisotopic (exact) mass is 439 g/mol. The van der Waals surface area contributed by atoms with Gasteiger partial charge >= 0.3 is 5.97 Å². The number of hydrogen-bond acceptors (Lipinski definition) is 5. The van der Waals surface area contributed by atoms with E-state index in [1.54, 1.807) is 30.3 Å². The molecule has 0 unspecified atom stereocenters. The smallest absolute Gasteiger partial charge is 0.306 e. The van der Waals surface area contributed by atoms with Crippen molar-refractivity contribution >= 4 is 29.2 Å². The minimum absolute atomic E-state index is 0.0513. The third-order valence-electron chi connectivity index (χ3n) is 5.33. The molecule has 164 valence electrons. The first-order chi connectivity index (χ1) is 16.0. The fourth-order valence-electron chi connectivity index (χ4n) is 3.65. The number of nitrogens with one attached hydrogen (secondary N) is 1. The van der Waals surface area contributed by atoms with Gasteiger partial charge in [0.05, 0.1) is 29.4 Å². The van der Waals surface area contributed by atoms with Crippen molar-refractivity contribution in [1.29, 1.82) is 5.26 Å². The Morgan fingerprint density at radius 3 is 2.48 bits per heavy atom. The number of hydrogen-bond donors (Lipinski definition) is 1. The molecule has 0 bridgehead atoms. The second-order valence-electron chi connectivity index (χ2n) is 7.56. The summed E-state index contributed by atoms with van der Waals surface area (Å²) in [6, 6.07) is 24.0. The van der Waals surface area contributed by atoms with Crippen LogP contribution in [0.3, 0.4) is 0 Å². The Morgan fingerprint density at radius 1 is 0.970 bits per heavy atom. The topological polar surface area (TPSA) is 99.5 Å². The largest absolute Gasteiger partial charge is 0.461 e. The van der Waals surface area contributed by atoms with Crippen molar-refractivity contribution < 1.29 is 19.1 Å². The van der Waals surface area contributed by atoms with Crippen LogP contribution < -0.4 is 10.2 Å². The molecule has 0 saturated heterocycles. The van der Waals surface area contributed by atoms with Gasteiger partial charge in [-0.3, -0.25) is 14.4 Å². The molecule has 0 radical (unpaired) electrons. The molecule has 0 aliphatic carbocycles. The Kier molecular flexibility index (Phi) is 6.46. The number of nitriles is 1. The number of amides is 2. The SMILES string of the molecule is N#Cc1ccccc1-c1ccc(COC(=O)CCC(=O)N2CC(=O)Nc3ccccc32)cc1. The predicted octanol–water partition coefficient (Wildman–Crippen LogP) is 4.03. The molecule has 7 heteroatoms. The molecule has 1 aliphatic heterocycles. The van der Waals surface area contributed by atoms with Crippen LogP contribution in [-0.4, -0.2) is 24.3 Å². The summed E-state index contributed by atoms with van der Waals surface area (Å²) in [4.78, 5) is 38.1. The zero-order chi connectivity index (χ0) is 23.2. The van der Waals surface area contributed by atoms with Crippen molar-refractivity contribution in [3.8, 4) is 17.2 Å². The summed E-state index contributed by atoms with van der Waals surface area (Å²) in [5, 5.41) is 12.0. The molecule has 3 aromatic carbocycles. The minimum atomic E-state index is -0.489.